The topological polar surface area (TPSA) is 0 Å². The Hall–Kier alpha value is -0.350. The third-order valence-corrected chi connectivity index (χ3v) is 5.49. The van der Waals surface area contributed by atoms with Gasteiger partial charge in [0.15, 0.2) is 0 Å². The molecule has 0 N–H and O–H groups in total. The first kappa shape index (κ1) is 13.1. The van der Waals surface area contributed by atoms with Crippen LogP contribution in [0, 0.1) is 0 Å². The first-order chi connectivity index (χ1) is 8.45. The lowest BCUT2D eigenvalue weighted by molar-refractivity contribution is 0.511. The van der Waals surface area contributed by atoms with Crippen LogP contribution < -0.4 is 0 Å². The Balaban J connectivity index is 1.66. The maximum absolute atomic E-state index is 2.27. The molecular formula is C16H25P. The predicted molar refractivity (Wildman–Crippen MR) is 79.4 cm³/mol. The summed E-state index contributed by atoms with van der Waals surface area (Å²) in [6.45, 7) is 0. The Labute approximate surface area is 108 Å². The van der Waals surface area contributed by atoms with E-state index in [0.29, 0.717) is 0 Å². The maximum Gasteiger partial charge on any atom is -0.0237 e. The number of hydrogen-bond acceptors (Lipinski definition) is 0. The van der Waals surface area contributed by atoms with Crippen LogP contribution in [0.15, 0.2) is 30.3 Å². The van der Waals surface area contributed by atoms with Crippen molar-refractivity contribution in [1.29, 1.82) is 0 Å². The van der Waals surface area contributed by atoms with E-state index in [1.54, 1.807) is 0 Å². The van der Waals surface area contributed by atoms with Crippen LogP contribution in [-0.2, 0) is 6.42 Å². The first-order valence-corrected chi connectivity index (χ1v) is 8.51. The fraction of sp³-hybridized carbons (Fsp3) is 0.625. The number of hydrogen-bond donors (Lipinski definition) is 0. The maximum atomic E-state index is 2.27. The summed E-state index contributed by atoms with van der Waals surface area (Å²) in [5.74, 6) is 0. The lowest BCUT2D eigenvalue weighted by Crippen LogP contribution is -2.05. The fourth-order valence-electron chi connectivity index (χ4n) is 2.73. The highest BCUT2D eigenvalue weighted by Crippen LogP contribution is 2.31. The molecule has 1 saturated carbocycles. The molecule has 0 amide bonds. The highest BCUT2D eigenvalue weighted by molar-refractivity contribution is 7.38. The molecule has 17 heavy (non-hydrogen) atoms. The summed E-state index contributed by atoms with van der Waals surface area (Å²) >= 11 is 0. The van der Waals surface area contributed by atoms with E-state index in [2.05, 4.69) is 30.3 Å². The SMILES string of the molecule is c1ccc(CCPC2CCCCCCC2)cc1. The molecule has 0 radical (unpaired) electrons. The minimum atomic E-state index is 1.05. The molecule has 1 aliphatic rings. The summed E-state index contributed by atoms with van der Waals surface area (Å²) < 4.78 is 0. The Bertz CT molecular complexity index is 286. The number of benzene rings is 1. The van der Waals surface area contributed by atoms with Gasteiger partial charge in [-0.05, 0) is 36.6 Å². The second kappa shape index (κ2) is 7.88. The van der Waals surface area contributed by atoms with Crippen LogP contribution in [0.4, 0.5) is 0 Å². The minimum absolute atomic E-state index is 1.05. The van der Waals surface area contributed by atoms with Crippen LogP contribution in [0.3, 0.4) is 0 Å². The van der Waals surface area contributed by atoms with Gasteiger partial charge >= 0.3 is 0 Å². The van der Waals surface area contributed by atoms with Crippen molar-refractivity contribution in [2.45, 2.75) is 57.0 Å². The lowest BCUT2D eigenvalue weighted by Gasteiger charge is -2.19. The van der Waals surface area contributed by atoms with E-state index in [-0.39, 0.29) is 0 Å². The zero-order valence-corrected chi connectivity index (χ0v) is 11.8. The van der Waals surface area contributed by atoms with Crippen LogP contribution in [0.25, 0.3) is 0 Å². The average Bonchev–Trinajstić information content (AvgIpc) is 2.33. The van der Waals surface area contributed by atoms with E-state index >= 15 is 0 Å². The largest absolute Gasteiger partial charge is 0.119 e. The van der Waals surface area contributed by atoms with Crippen LogP contribution in [-0.4, -0.2) is 11.8 Å². The van der Waals surface area contributed by atoms with Gasteiger partial charge in [0.05, 0.1) is 0 Å². The van der Waals surface area contributed by atoms with Gasteiger partial charge in [-0.3, -0.25) is 0 Å². The average molecular weight is 248 g/mol. The fourth-order valence-corrected chi connectivity index (χ4v) is 4.38. The first-order valence-electron chi connectivity index (χ1n) is 7.22. The smallest absolute Gasteiger partial charge is 0.0237 e. The van der Waals surface area contributed by atoms with Gasteiger partial charge in [-0.2, -0.15) is 0 Å². The highest BCUT2D eigenvalue weighted by atomic mass is 31.1. The molecule has 2 rings (SSSR count). The van der Waals surface area contributed by atoms with Crippen LogP contribution >= 0.6 is 8.58 Å². The van der Waals surface area contributed by atoms with Crippen molar-refractivity contribution >= 4 is 8.58 Å². The Morgan fingerprint density at radius 1 is 0.882 bits per heavy atom. The van der Waals surface area contributed by atoms with Gasteiger partial charge in [0.1, 0.15) is 0 Å². The summed E-state index contributed by atoms with van der Waals surface area (Å²) in [5.41, 5.74) is 2.57. The summed E-state index contributed by atoms with van der Waals surface area (Å²) in [6, 6.07) is 11.0. The molecule has 1 fully saturated rings. The molecule has 1 heteroatoms. The molecule has 0 aromatic heterocycles. The molecule has 0 spiro atoms. The summed E-state index contributed by atoms with van der Waals surface area (Å²) in [4.78, 5) is 0. The van der Waals surface area contributed by atoms with Gasteiger partial charge in [0, 0.05) is 0 Å². The van der Waals surface area contributed by atoms with Gasteiger partial charge in [-0.15, -0.1) is 8.58 Å². The predicted octanol–water partition coefficient (Wildman–Crippen LogP) is 5.02. The molecule has 0 bridgehead atoms. The van der Waals surface area contributed by atoms with Crippen molar-refractivity contribution in [3.8, 4) is 0 Å². The van der Waals surface area contributed by atoms with E-state index in [1.807, 2.05) is 0 Å². The van der Waals surface area contributed by atoms with Crippen molar-refractivity contribution in [2.75, 3.05) is 6.16 Å². The van der Waals surface area contributed by atoms with Crippen molar-refractivity contribution in [3.05, 3.63) is 35.9 Å². The third kappa shape index (κ3) is 5.21. The van der Waals surface area contributed by atoms with E-state index < -0.39 is 0 Å². The van der Waals surface area contributed by atoms with Crippen LogP contribution in [0.5, 0.6) is 0 Å². The van der Waals surface area contributed by atoms with Gasteiger partial charge in [0.25, 0.3) is 0 Å². The van der Waals surface area contributed by atoms with E-state index in [9.17, 15) is 0 Å². The monoisotopic (exact) mass is 248 g/mol. The molecule has 0 aliphatic heterocycles. The normalized spacial score (nSPS) is 19.3. The highest BCUT2D eigenvalue weighted by Gasteiger charge is 2.10. The molecule has 0 nitrogen and oxygen atoms in total. The molecular weight excluding hydrogens is 223 g/mol. The molecule has 1 atom stereocenters. The molecule has 94 valence electrons. The molecule has 1 aromatic carbocycles. The second-order valence-corrected chi connectivity index (χ2v) is 6.96. The Morgan fingerprint density at radius 2 is 1.53 bits per heavy atom. The zero-order valence-electron chi connectivity index (χ0n) is 10.8. The van der Waals surface area contributed by atoms with Gasteiger partial charge in [-0.25, -0.2) is 0 Å². The summed E-state index contributed by atoms with van der Waals surface area (Å²) in [5, 5.41) is 0. The van der Waals surface area contributed by atoms with Crippen molar-refractivity contribution in [3.63, 3.8) is 0 Å². The van der Waals surface area contributed by atoms with Crippen molar-refractivity contribution < 1.29 is 0 Å². The molecule has 0 saturated heterocycles. The number of aryl methyl sites for hydroxylation is 1. The van der Waals surface area contributed by atoms with Crippen LogP contribution in [0.1, 0.15) is 50.5 Å². The van der Waals surface area contributed by atoms with E-state index in [1.165, 1.54) is 71.7 Å². The molecule has 1 aliphatic carbocycles. The molecule has 1 unspecified atom stereocenters. The number of rotatable bonds is 4. The summed E-state index contributed by atoms with van der Waals surface area (Å²) in [6.07, 6.45) is 13.1. The quantitative estimate of drug-likeness (QED) is 0.656. The minimum Gasteiger partial charge on any atom is -0.119 e. The van der Waals surface area contributed by atoms with Crippen molar-refractivity contribution in [1.82, 2.24) is 0 Å². The second-order valence-electron chi connectivity index (χ2n) is 5.23. The van der Waals surface area contributed by atoms with Crippen molar-refractivity contribution in [2.24, 2.45) is 0 Å². The lowest BCUT2D eigenvalue weighted by atomic mass is 10.0. The third-order valence-electron chi connectivity index (χ3n) is 3.79. The Morgan fingerprint density at radius 3 is 2.24 bits per heavy atom. The zero-order chi connectivity index (χ0) is 11.8. The van der Waals surface area contributed by atoms with Gasteiger partial charge < -0.3 is 0 Å². The van der Waals surface area contributed by atoms with E-state index in [0.717, 1.165) is 5.66 Å². The van der Waals surface area contributed by atoms with Gasteiger partial charge in [0.2, 0.25) is 0 Å². The Kier molecular flexibility index (Phi) is 6.07. The van der Waals surface area contributed by atoms with Gasteiger partial charge in [-0.1, -0.05) is 62.4 Å². The molecule has 0 heterocycles. The summed E-state index contributed by atoms with van der Waals surface area (Å²) in [7, 11) is 1.20. The van der Waals surface area contributed by atoms with E-state index in [4.69, 9.17) is 0 Å². The van der Waals surface area contributed by atoms with Crippen LogP contribution in [0.2, 0.25) is 0 Å². The standard InChI is InChI=1S/C16H25P/c1-2-7-11-16(12-8-3-1)17-14-13-15-9-5-4-6-10-15/h4-6,9-10,16-17H,1-3,7-8,11-14H2. The molecule has 1 aromatic rings.